The standard InChI is InChI=1S/C17H15F6NO5/c1-8-11(17(21,22)23)4-9(16(18,19)20)5-12(8)24-7-29-6-10(14(25)27-2)13(24)15(26)28-3/h4-5H,6-7H2,1-3H3. The fourth-order valence-corrected chi connectivity index (χ4v) is 2.77. The van der Waals surface area contributed by atoms with Gasteiger partial charge in [-0.1, -0.05) is 0 Å². The van der Waals surface area contributed by atoms with E-state index in [0.717, 1.165) is 26.0 Å². The zero-order chi connectivity index (χ0) is 22.1. The molecule has 160 valence electrons. The molecule has 0 spiro atoms. The van der Waals surface area contributed by atoms with Gasteiger partial charge in [0.25, 0.3) is 0 Å². The third kappa shape index (κ3) is 4.47. The van der Waals surface area contributed by atoms with Gasteiger partial charge in [-0.05, 0) is 24.6 Å². The summed E-state index contributed by atoms with van der Waals surface area (Å²) in [6.07, 6.45) is -10.2. The molecule has 0 bridgehead atoms. The number of halogens is 6. The number of ether oxygens (including phenoxy) is 3. The number of anilines is 1. The molecule has 1 aliphatic rings. The van der Waals surface area contributed by atoms with Gasteiger partial charge < -0.3 is 19.1 Å². The van der Waals surface area contributed by atoms with E-state index in [2.05, 4.69) is 9.47 Å². The summed E-state index contributed by atoms with van der Waals surface area (Å²) in [4.78, 5) is 24.9. The minimum absolute atomic E-state index is 0.0214. The van der Waals surface area contributed by atoms with Crippen molar-refractivity contribution < 1.29 is 50.1 Å². The van der Waals surface area contributed by atoms with Crippen LogP contribution in [-0.4, -0.2) is 39.5 Å². The number of methoxy groups -OCH3 is 2. The fraction of sp³-hybridized carbons (Fsp3) is 0.412. The molecule has 0 unspecified atom stereocenters. The Bertz CT molecular complexity index is 859. The predicted octanol–water partition coefficient (Wildman–Crippen LogP) is 3.43. The van der Waals surface area contributed by atoms with Gasteiger partial charge in [-0.25, -0.2) is 9.59 Å². The molecule has 0 N–H and O–H groups in total. The number of esters is 2. The minimum atomic E-state index is -5.10. The van der Waals surface area contributed by atoms with Crippen LogP contribution in [0.2, 0.25) is 0 Å². The second kappa shape index (κ2) is 7.93. The second-order valence-electron chi connectivity index (χ2n) is 5.88. The molecule has 1 aromatic rings. The first kappa shape index (κ1) is 22.5. The Kier molecular flexibility index (Phi) is 6.16. The van der Waals surface area contributed by atoms with Gasteiger partial charge in [-0.3, -0.25) is 0 Å². The molecule has 0 fully saturated rings. The number of hydrogen-bond donors (Lipinski definition) is 0. The Hall–Kier alpha value is -2.76. The van der Waals surface area contributed by atoms with Crippen LogP contribution < -0.4 is 4.90 Å². The average molecular weight is 427 g/mol. The van der Waals surface area contributed by atoms with Gasteiger partial charge in [0.15, 0.2) is 0 Å². The summed E-state index contributed by atoms with van der Waals surface area (Å²) in [5, 5.41) is 0. The molecule has 1 aromatic carbocycles. The summed E-state index contributed by atoms with van der Waals surface area (Å²) in [5.74, 6) is -2.20. The number of alkyl halides is 6. The molecule has 0 saturated carbocycles. The van der Waals surface area contributed by atoms with Crippen LogP contribution in [0, 0.1) is 6.92 Å². The molecule has 1 aliphatic heterocycles. The van der Waals surface area contributed by atoms with Crippen molar-refractivity contribution in [2.24, 2.45) is 0 Å². The van der Waals surface area contributed by atoms with Crippen molar-refractivity contribution in [3.8, 4) is 0 Å². The molecule has 2 rings (SSSR count). The first-order valence-corrected chi connectivity index (χ1v) is 7.87. The van der Waals surface area contributed by atoms with Crippen molar-refractivity contribution >= 4 is 17.6 Å². The molecule has 29 heavy (non-hydrogen) atoms. The minimum Gasteiger partial charge on any atom is -0.466 e. The number of carbonyl (C=O) groups excluding carboxylic acids is 2. The molecule has 12 heteroatoms. The maximum Gasteiger partial charge on any atom is 0.416 e. The number of benzene rings is 1. The summed E-state index contributed by atoms with van der Waals surface area (Å²) >= 11 is 0. The Morgan fingerprint density at radius 2 is 1.59 bits per heavy atom. The van der Waals surface area contributed by atoms with E-state index in [1.54, 1.807) is 0 Å². The molecule has 0 saturated heterocycles. The lowest BCUT2D eigenvalue weighted by Crippen LogP contribution is -2.39. The van der Waals surface area contributed by atoms with Crippen molar-refractivity contribution in [3.05, 3.63) is 40.1 Å². The zero-order valence-electron chi connectivity index (χ0n) is 15.3. The first-order chi connectivity index (χ1) is 13.3. The Morgan fingerprint density at radius 3 is 2.07 bits per heavy atom. The summed E-state index contributed by atoms with van der Waals surface area (Å²) in [5.41, 5.74) is -5.32. The van der Waals surface area contributed by atoms with Crippen LogP contribution in [0.4, 0.5) is 32.0 Å². The van der Waals surface area contributed by atoms with Crippen LogP contribution in [0.3, 0.4) is 0 Å². The highest BCUT2D eigenvalue weighted by molar-refractivity contribution is 6.03. The SMILES string of the molecule is COC(=O)C1=C(C(=O)OC)N(c2cc(C(F)(F)F)cc(C(F)(F)F)c2C)COC1. The van der Waals surface area contributed by atoms with Crippen molar-refractivity contribution in [2.75, 3.05) is 32.5 Å². The van der Waals surface area contributed by atoms with Crippen molar-refractivity contribution in [2.45, 2.75) is 19.3 Å². The second-order valence-corrected chi connectivity index (χ2v) is 5.88. The smallest absolute Gasteiger partial charge is 0.416 e. The normalized spacial score (nSPS) is 15.4. The lowest BCUT2D eigenvalue weighted by molar-refractivity contribution is -0.143. The molecular weight excluding hydrogens is 412 g/mol. The van der Waals surface area contributed by atoms with Crippen LogP contribution in [0.15, 0.2) is 23.4 Å². The Balaban J connectivity index is 2.83. The van der Waals surface area contributed by atoms with Crippen LogP contribution in [0.1, 0.15) is 16.7 Å². The van der Waals surface area contributed by atoms with E-state index in [-0.39, 0.29) is 6.07 Å². The van der Waals surface area contributed by atoms with Crippen LogP contribution >= 0.6 is 0 Å². The lowest BCUT2D eigenvalue weighted by Gasteiger charge is -2.33. The highest BCUT2D eigenvalue weighted by atomic mass is 19.4. The topological polar surface area (TPSA) is 65.1 Å². The highest BCUT2D eigenvalue weighted by Gasteiger charge is 2.41. The largest absolute Gasteiger partial charge is 0.466 e. The molecule has 0 aliphatic carbocycles. The van der Waals surface area contributed by atoms with E-state index in [1.807, 2.05) is 0 Å². The monoisotopic (exact) mass is 427 g/mol. The summed E-state index contributed by atoms with van der Waals surface area (Å²) < 4.78 is 93.9. The molecule has 0 atom stereocenters. The van der Waals surface area contributed by atoms with Gasteiger partial charge in [0, 0.05) is 5.69 Å². The molecule has 6 nitrogen and oxygen atoms in total. The van der Waals surface area contributed by atoms with Gasteiger partial charge in [0.2, 0.25) is 0 Å². The van der Waals surface area contributed by atoms with Crippen molar-refractivity contribution in [1.29, 1.82) is 0 Å². The molecule has 0 amide bonds. The van der Waals surface area contributed by atoms with E-state index in [0.29, 0.717) is 6.07 Å². The number of nitrogens with zero attached hydrogens (tertiary/aromatic N) is 1. The first-order valence-electron chi connectivity index (χ1n) is 7.87. The quantitative estimate of drug-likeness (QED) is 0.544. The summed E-state index contributed by atoms with van der Waals surface area (Å²) in [6.45, 7) is -0.0955. The van der Waals surface area contributed by atoms with Crippen LogP contribution in [0.5, 0.6) is 0 Å². The number of carbonyl (C=O) groups is 2. The zero-order valence-corrected chi connectivity index (χ0v) is 15.3. The predicted molar refractivity (Wildman–Crippen MR) is 85.5 cm³/mol. The van der Waals surface area contributed by atoms with E-state index < -0.39 is 71.3 Å². The third-order valence-corrected chi connectivity index (χ3v) is 4.14. The summed E-state index contributed by atoms with van der Waals surface area (Å²) in [6, 6.07) is 0.420. The van der Waals surface area contributed by atoms with Gasteiger partial charge >= 0.3 is 24.3 Å². The maximum absolute atomic E-state index is 13.4. The third-order valence-electron chi connectivity index (χ3n) is 4.14. The molecule has 1 heterocycles. The van der Waals surface area contributed by atoms with Crippen molar-refractivity contribution in [3.63, 3.8) is 0 Å². The molecule has 0 aromatic heterocycles. The Labute approximate surface area is 160 Å². The Morgan fingerprint density at radius 1 is 1.00 bits per heavy atom. The highest BCUT2D eigenvalue weighted by Crippen LogP contribution is 2.42. The molecular formula is C17H15F6NO5. The maximum atomic E-state index is 13.4. The molecule has 0 radical (unpaired) electrons. The number of hydrogen-bond acceptors (Lipinski definition) is 6. The van der Waals surface area contributed by atoms with E-state index >= 15 is 0 Å². The average Bonchev–Trinajstić information content (AvgIpc) is 2.64. The fourth-order valence-electron chi connectivity index (χ4n) is 2.77. The number of rotatable bonds is 3. The summed E-state index contributed by atoms with van der Waals surface area (Å²) in [7, 11) is 1.93. The van der Waals surface area contributed by atoms with E-state index in [1.165, 1.54) is 0 Å². The lowest BCUT2D eigenvalue weighted by atomic mass is 10.00. The van der Waals surface area contributed by atoms with Gasteiger partial charge in [-0.2, -0.15) is 26.3 Å². The van der Waals surface area contributed by atoms with Crippen molar-refractivity contribution in [1.82, 2.24) is 0 Å². The van der Waals surface area contributed by atoms with Crippen LogP contribution in [0.25, 0.3) is 0 Å². The van der Waals surface area contributed by atoms with Gasteiger partial charge in [0.1, 0.15) is 12.4 Å². The van der Waals surface area contributed by atoms with Crippen LogP contribution in [-0.2, 0) is 36.2 Å². The van der Waals surface area contributed by atoms with E-state index in [4.69, 9.17) is 4.74 Å². The van der Waals surface area contributed by atoms with Gasteiger partial charge in [-0.15, -0.1) is 0 Å². The van der Waals surface area contributed by atoms with E-state index in [9.17, 15) is 35.9 Å². The van der Waals surface area contributed by atoms with Gasteiger partial charge in [0.05, 0.1) is 37.5 Å².